The zero-order valence-corrected chi connectivity index (χ0v) is 11.3. The molecule has 19 heavy (non-hydrogen) atoms. The third-order valence-electron chi connectivity index (χ3n) is 3.02. The van der Waals surface area contributed by atoms with Gasteiger partial charge >= 0.3 is 5.97 Å². The van der Waals surface area contributed by atoms with Crippen molar-refractivity contribution in [2.75, 3.05) is 6.61 Å². The summed E-state index contributed by atoms with van der Waals surface area (Å²) in [5.74, 6) is -0.298. The van der Waals surface area contributed by atoms with E-state index in [1.165, 1.54) is 18.3 Å². The molecule has 1 atom stereocenters. The molecule has 1 aliphatic carbocycles. The van der Waals surface area contributed by atoms with Crippen LogP contribution in [0.4, 0.5) is 0 Å². The molecule has 1 heterocycles. The summed E-state index contributed by atoms with van der Waals surface area (Å²) >= 11 is 5.61. The fourth-order valence-electron chi connectivity index (χ4n) is 1.72. The predicted octanol–water partition coefficient (Wildman–Crippen LogP) is 1.81. The van der Waals surface area contributed by atoms with Gasteiger partial charge in [0.25, 0.3) is 5.91 Å². The Bertz CT molecular complexity index is 471. The number of hydrogen-bond donors (Lipinski definition) is 1. The Labute approximate surface area is 116 Å². The second-order valence-corrected chi connectivity index (χ2v) is 5.03. The zero-order valence-electron chi connectivity index (χ0n) is 10.6. The SMILES string of the molecule is C[C@H](NC(=O)COC(=O)c1ccc(Cl)nc1)C1CC1. The van der Waals surface area contributed by atoms with Crippen molar-refractivity contribution in [1.82, 2.24) is 10.3 Å². The van der Waals surface area contributed by atoms with E-state index in [-0.39, 0.29) is 24.1 Å². The van der Waals surface area contributed by atoms with Gasteiger partial charge in [0.2, 0.25) is 0 Å². The van der Waals surface area contributed by atoms with Crippen LogP contribution in [0.5, 0.6) is 0 Å². The van der Waals surface area contributed by atoms with Crippen LogP contribution in [-0.2, 0) is 9.53 Å². The molecule has 1 aromatic rings. The molecular weight excluding hydrogens is 268 g/mol. The van der Waals surface area contributed by atoms with E-state index in [9.17, 15) is 9.59 Å². The second-order valence-electron chi connectivity index (χ2n) is 4.64. The van der Waals surface area contributed by atoms with Gasteiger partial charge < -0.3 is 10.1 Å². The first-order valence-corrected chi connectivity index (χ1v) is 6.52. The maximum absolute atomic E-state index is 11.6. The highest BCUT2D eigenvalue weighted by Crippen LogP contribution is 2.32. The van der Waals surface area contributed by atoms with E-state index >= 15 is 0 Å². The number of amides is 1. The van der Waals surface area contributed by atoms with Crippen molar-refractivity contribution >= 4 is 23.5 Å². The summed E-state index contributed by atoms with van der Waals surface area (Å²) in [7, 11) is 0. The molecule has 0 unspecified atom stereocenters. The van der Waals surface area contributed by atoms with Gasteiger partial charge in [-0.25, -0.2) is 9.78 Å². The minimum Gasteiger partial charge on any atom is -0.452 e. The lowest BCUT2D eigenvalue weighted by Crippen LogP contribution is -2.37. The summed E-state index contributed by atoms with van der Waals surface area (Å²) in [6.07, 6.45) is 3.62. The number of nitrogens with one attached hydrogen (secondary N) is 1. The largest absolute Gasteiger partial charge is 0.452 e. The third-order valence-corrected chi connectivity index (χ3v) is 3.24. The van der Waals surface area contributed by atoms with Crippen molar-refractivity contribution < 1.29 is 14.3 Å². The molecule has 0 aliphatic heterocycles. The van der Waals surface area contributed by atoms with Crippen LogP contribution in [0.1, 0.15) is 30.1 Å². The summed E-state index contributed by atoms with van der Waals surface area (Å²) < 4.78 is 4.90. The summed E-state index contributed by atoms with van der Waals surface area (Å²) in [6, 6.07) is 3.14. The monoisotopic (exact) mass is 282 g/mol. The van der Waals surface area contributed by atoms with Gasteiger partial charge in [-0.2, -0.15) is 0 Å². The number of pyridine rings is 1. The van der Waals surface area contributed by atoms with Gasteiger partial charge in [-0.1, -0.05) is 11.6 Å². The van der Waals surface area contributed by atoms with Crippen LogP contribution in [0, 0.1) is 5.92 Å². The maximum Gasteiger partial charge on any atom is 0.340 e. The van der Waals surface area contributed by atoms with Crippen LogP contribution in [0.2, 0.25) is 5.15 Å². The minimum atomic E-state index is -0.585. The second kappa shape index (κ2) is 6.02. The number of rotatable bonds is 5. The van der Waals surface area contributed by atoms with Crippen LogP contribution in [0.15, 0.2) is 18.3 Å². The molecule has 0 saturated heterocycles. The van der Waals surface area contributed by atoms with Crippen molar-refractivity contribution in [3.63, 3.8) is 0 Å². The highest BCUT2D eigenvalue weighted by atomic mass is 35.5. The van der Waals surface area contributed by atoms with Gasteiger partial charge in [0.15, 0.2) is 6.61 Å². The molecular formula is C13H15ClN2O3. The van der Waals surface area contributed by atoms with Crippen molar-refractivity contribution in [2.45, 2.75) is 25.8 Å². The molecule has 6 heteroatoms. The normalized spacial score (nSPS) is 15.7. The van der Waals surface area contributed by atoms with Crippen molar-refractivity contribution in [1.29, 1.82) is 0 Å². The van der Waals surface area contributed by atoms with E-state index in [4.69, 9.17) is 16.3 Å². The van der Waals surface area contributed by atoms with Gasteiger partial charge in [-0.15, -0.1) is 0 Å². The van der Waals surface area contributed by atoms with Crippen molar-refractivity contribution in [3.8, 4) is 0 Å². The lowest BCUT2D eigenvalue weighted by molar-refractivity contribution is -0.124. The summed E-state index contributed by atoms with van der Waals surface area (Å²) in [5.41, 5.74) is 0.271. The average molecular weight is 283 g/mol. The van der Waals surface area contributed by atoms with E-state index in [1.807, 2.05) is 6.92 Å². The number of esters is 1. The van der Waals surface area contributed by atoms with Gasteiger partial charge in [-0.3, -0.25) is 4.79 Å². The van der Waals surface area contributed by atoms with E-state index < -0.39 is 5.97 Å². The van der Waals surface area contributed by atoms with Crippen molar-refractivity contribution in [2.24, 2.45) is 5.92 Å². The molecule has 0 bridgehead atoms. The molecule has 1 N–H and O–H groups in total. The topological polar surface area (TPSA) is 68.3 Å². The summed E-state index contributed by atoms with van der Waals surface area (Å²) in [5, 5.41) is 3.10. The Kier molecular flexibility index (Phi) is 4.37. The van der Waals surface area contributed by atoms with Crippen LogP contribution < -0.4 is 5.32 Å². The first-order valence-electron chi connectivity index (χ1n) is 6.14. The summed E-state index contributed by atoms with van der Waals surface area (Å²) in [6.45, 7) is 1.68. The molecule has 1 amide bonds. The molecule has 102 valence electrons. The lowest BCUT2D eigenvalue weighted by Gasteiger charge is -2.12. The van der Waals surface area contributed by atoms with E-state index in [1.54, 1.807) is 0 Å². The van der Waals surface area contributed by atoms with E-state index in [0.717, 1.165) is 12.8 Å². The molecule has 1 saturated carbocycles. The standard InChI is InChI=1S/C13H15ClN2O3/c1-8(9-2-3-9)16-12(17)7-19-13(18)10-4-5-11(14)15-6-10/h4-6,8-9H,2-3,7H2,1H3,(H,16,17)/t8-/m0/s1. The fourth-order valence-corrected chi connectivity index (χ4v) is 1.83. The molecule has 2 rings (SSSR count). The highest BCUT2D eigenvalue weighted by Gasteiger charge is 2.28. The predicted molar refractivity (Wildman–Crippen MR) is 69.9 cm³/mol. The molecule has 0 radical (unpaired) electrons. The van der Waals surface area contributed by atoms with Gasteiger partial charge in [0.05, 0.1) is 5.56 Å². The number of carbonyl (C=O) groups excluding carboxylic acids is 2. The summed E-state index contributed by atoms with van der Waals surface area (Å²) in [4.78, 5) is 26.9. The quantitative estimate of drug-likeness (QED) is 0.660. The molecule has 1 fully saturated rings. The Morgan fingerprint density at radius 1 is 1.53 bits per heavy atom. The van der Waals surface area contributed by atoms with Crippen molar-refractivity contribution in [3.05, 3.63) is 29.0 Å². The number of hydrogen-bond acceptors (Lipinski definition) is 4. The molecule has 1 aliphatic rings. The maximum atomic E-state index is 11.6. The number of aromatic nitrogens is 1. The van der Waals surface area contributed by atoms with Crippen LogP contribution in [0.25, 0.3) is 0 Å². The van der Waals surface area contributed by atoms with Crippen LogP contribution in [0.3, 0.4) is 0 Å². The van der Waals surface area contributed by atoms with Crippen LogP contribution >= 0.6 is 11.6 Å². The van der Waals surface area contributed by atoms with E-state index in [2.05, 4.69) is 10.3 Å². The van der Waals surface area contributed by atoms with Crippen LogP contribution in [-0.4, -0.2) is 29.5 Å². The van der Waals surface area contributed by atoms with E-state index in [0.29, 0.717) is 11.1 Å². The highest BCUT2D eigenvalue weighted by molar-refractivity contribution is 6.29. The Morgan fingerprint density at radius 3 is 2.84 bits per heavy atom. The lowest BCUT2D eigenvalue weighted by atomic mass is 10.2. The molecule has 0 spiro atoms. The minimum absolute atomic E-state index is 0.142. The average Bonchev–Trinajstić information content (AvgIpc) is 3.21. The first-order chi connectivity index (χ1) is 9.06. The first kappa shape index (κ1) is 13.8. The number of halogens is 1. The molecule has 5 nitrogen and oxygen atoms in total. The zero-order chi connectivity index (χ0) is 13.8. The molecule has 0 aromatic carbocycles. The Balaban J connectivity index is 1.76. The number of nitrogens with zero attached hydrogens (tertiary/aromatic N) is 1. The van der Waals surface area contributed by atoms with Gasteiger partial charge in [0, 0.05) is 12.2 Å². The Hall–Kier alpha value is -1.62. The Morgan fingerprint density at radius 2 is 2.26 bits per heavy atom. The van der Waals surface area contributed by atoms with Gasteiger partial charge in [-0.05, 0) is 37.8 Å². The third kappa shape index (κ3) is 4.21. The number of carbonyl (C=O) groups is 2. The fraction of sp³-hybridized carbons (Fsp3) is 0.462. The van der Waals surface area contributed by atoms with Gasteiger partial charge in [0.1, 0.15) is 5.15 Å². The number of ether oxygens (including phenoxy) is 1. The smallest absolute Gasteiger partial charge is 0.340 e. The molecule has 1 aromatic heterocycles.